The van der Waals surface area contributed by atoms with Crippen molar-refractivity contribution in [2.75, 3.05) is 0 Å². The fourth-order valence-electron chi connectivity index (χ4n) is 2.53. The Kier molecular flexibility index (Phi) is 4.46. The van der Waals surface area contributed by atoms with Gasteiger partial charge in [0.1, 0.15) is 6.17 Å². The van der Waals surface area contributed by atoms with E-state index in [0.29, 0.717) is 0 Å². The van der Waals surface area contributed by atoms with Gasteiger partial charge in [-0.1, -0.05) is 6.08 Å². The molecule has 0 spiro atoms. The highest BCUT2D eigenvalue weighted by molar-refractivity contribution is 6.69. The molecule has 21 heavy (non-hydrogen) atoms. The first kappa shape index (κ1) is 16.1. The molecular weight excluding hydrogens is 278 g/mol. The Morgan fingerprint density at radius 1 is 1.24 bits per heavy atom. The van der Waals surface area contributed by atoms with Gasteiger partial charge in [-0.25, -0.2) is 0 Å². The molecule has 0 saturated carbocycles. The molecule has 1 aromatic rings. The summed E-state index contributed by atoms with van der Waals surface area (Å²) in [6.07, 6.45) is 7.44. The van der Waals surface area contributed by atoms with Gasteiger partial charge < -0.3 is 10.2 Å². The van der Waals surface area contributed by atoms with E-state index in [0.717, 1.165) is 11.3 Å². The molecule has 0 bridgehead atoms. The Morgan fingerprint density at radius 2 is 1.95 bits per heavy atom. The van der Waals surface area contributed by atoms with Crippen LogP contribution in [0.25, 0.3) is 0 Å². The number of aromatic nitrogens is 1. The second-order valence-corrected chi connectivity index (χ2v) is 11.3. The van der Waals surface area contributed by atoms with Gasteiger partial charge in [0.15, 0.2) is 8.32 Å². The van der Waals surface area contributed by atoms with Crippen LogP contribution < -0.4 is 5.73 Å². The molecule has 114 valence electrons. The van der Waals surface area contributed by atoms with Crippen molar-refractivity contribution in [1.29, 1.82) is 0 Å². The number of nitrogens with two attached hydrogens (primary N) is 1. The Morgan fingerprint density at radius 3 is 2.52 bits per heavy atom. The lowest BCUT2D eigenvalue weighted by Gasteiger charge is -2.33. The van der Waals surface area contributed by atoms with E-state index < -0.39 is 8.32 Å². The molecule has 1 aliphatic heterocycles. The Labute approximate surface area is 128 Å². The molecule has 0 fully saturated rings. The third-order valence-corrected chi connectivity index (χ3v) is 4.44. The molecule has 2 heterocycles. The molecule has 4 nitrogen and oxygen atoms in total. The summed E-state index contributed by atoms with van der Waals surface area (Å²) in [5.74, 6) is 0.0902. The van der Waals surface area contributed by atoms with E-state index in [4.69, 9.17) is 10.2 Å². The van der Waals surface area contributed by atoms with Gasteiger partial charge in [0.05, 0.1) is 17.2 Å². The average Bonchev–Trinajstić information content (AvgIpc) is 2.37. The van der Waals surface area contributed by atoms with E-state index in [-0.39, 0.29) is 17.7 Å². The highest BCUT2D eigenvalue weighted by atomic mass is 28.4. The minimum atomic E-state index is -1.62. The Bertz CT molecular complexity index is 547. The number of hydrogen-bond acceptors (Lipinski definition) is 4. The number of pyridine rings is 1. The second-order valence-electron chi connectivity index (χ2n) is 6.89. The fourth-order valence-corrected chi connectivity index (χ4v) is 4.18. The van der Waals surface area contributed by atoms with E-state index in [1.54, 1.807) is 0 Å². The molecule has 0 saturated heterocycles. The summed E-state index contributed by atoms with van der Waals surface area (Å²) in [6, 6.07) is 4.14. The summed E-state index contributed by atoms with van der Waals surface area (Å²) in [6.45, 7) is 10.8. The monoisotopic (exact) mass is 303 g/mol. The molecule has 2 rings (SSSR count). The van der Waals surface area contributed by atoms with Crippen LogP contribution in [0, 0.1) is 0 Å². The van der Waals surface area contributed by atoms with E-state index in [1.165, 1.54) is 0 Å². The topological polar surface area (TPSA) is 60.5 Å². The second kappa shape index (κ2) is 5.83. The maximum absolute atomic E-state index is 6.31. The quantitative estimate of drug-likeness (QED) is 0.686. The van der Waals surface area contributed by atoms with Crippen LogP contribution in [0.4, 0.5) is 0 Å². The van der Waals surface area contributed by atoms with E-state index in [2.05, 4.69) is 55.6 Å². The van der Waals surface area contributed by atoms with Gasteiger partial charge in [-0.3, -0.25) is 9.98 Å². The third kappa shape index (κ3) is 4.33. The summed E-state index contributed by atoms with van der Waals surface area (Å²) in [7, 11) is -1.62. The van der Waals surface area contributed by atoms with Gasteiger partial charge in [-0.05, 0) is 57.3 Å². The zero-order valence-corrected chi connectivity index (χ0v) is 14.5. The first-order valence-corrected chi connectivity index (χ1v) is 10.7. The number of hydrogen-bond donors (Lipinski definition) is 1. The van der Waals surface area contributed by atoms with Gasteiger partial charge in [0, 0.05) is 12.4 Å². The van der Waals surface area contributed by atoms with Crippen LogP contribution in [0.15, 0.2) is 35.5 Å². The lowest BCUT2D eigenvalue weighted by Crippen LogP contribution is -2.36. The van der Waals surface area contributed by atoms with Crippen molar-refractivity contribution in [3.05, 3.63) is 41.7 Å². The molecule has 2 unspecified atom stereocenters. The number of rotatable bonds is 4. The minimum absolute atomic E-state index is 0.0902. The van der Waals surface area contributed by atoms with Crippen molar-refractivity contribution in [3.8, 4) is 0 Å². The maximum atomic E-state index is 6.31. The summed E-state index contributed by atoms with van der Waals surface area (Å²) < 4.78 is 6.31. The van der Waals surface area contributed by atoms with Crippen molar-refractivity contribution in [1.82, 2.24) is 4.98 Å². The predicted octanol–water partition coefficient (Wildman–Crippen LogP) is 3.18. The number of nitrogens with zero attached hydrogens (tertiary/aromatic N) is 2. The first-order chi connectivity index (χ1) is 9.67. The average molecular weight is 303 g/mol. The van der Waals surface area contributed by atoms with Crippen LogP contribution in [-0.4, -0.2) is 25.7 Å². The highest BCUT2D eigenvalue weighted by Gasteiger charge is 2.29. The van der Waals surface area contributed by atoms with E-state index in [9.17, 15) is 0 Å². The summed E-state index contributed by atoms with van der Waals surface area (Å²) in [5, 5.41) is 0. The zero-order chi connectivity index (χ0) is 15.7. The van der Waals surface area contributed by atoms with Crippen molar-refractivity contribution in [3.63, 3.8) is 0 Å². The number of aliphatic imine (C=N–C) groups is 1. The molecule has 2 atom stereocenters. The SMILES string of the molecule is CC(C)(O[Si](C)(C)C)c1ccnc(C2C=CC(N)N=C2)c1. The van der Waals surface area contributed by atoms with Crippen LogP contribution in [0.5, 0.6) is 0 Å². The normalized spacial score (nSPS) is 22.6. The Balaban J connectivity index is 2.26. The lowest BCUT2D eigenvalue weighted by molar-refractivity contribution is 0.0998. The van der Waals surface area contributed by atoms with Crippen molar-refractivity contribution in [2.24, 2.45) is 10.7 Å². The summed E-state index contributed by atoms with van der Waals surface area (Å²) >= 11 is 0. The largest absolute Gasteiger partial charge is 0.409 e. The van der Waals surface area contributed by atoms with E-state index >= 15 is 0 Å². The van der Waals surface area contributed by atoms with Crippen molar-refractivity contribution >= 4 is 14.5 Å². The first-order valence-electron chi connectivity index (χ1n) is 7.31. The zero-order valence-electron chi connectivity index (χ0n) is 13.5. The minimum Gasteiger partial charge on any atom is -0.409 e. The van der Waals surface area contributed by atoms with Gasteiger partial charge in [-0.15, -0.1) is 0 Å². The predicted molar refractivity (Wildman–Crippen MR) is 90.0 cm³/mol. The van der Waals surface area contributed by atoms with Gasteiger partial charge in [-0.2, -0.15) is 0 Å². The smallest absolute Gasteiger partial charge is 0.184 e. The molecule has 0 aliphatic carbocycles. The maximum Gasteiger partial charge on any atom is 0.184 e. The summed E-state index contributed by atoms with van der Waals surface area (Å²) in [5.41, 5.74) is 7.53. The van der Waals surface area contributed by atoms with E-state index in [1.807, 2.05) is 24.6 Å². The van der Waals surface area contributed by atoms with Crippen LogP contribution in [0.1, 0.15) is 31.0 Å². The summed E-state index contributed by atoms with van der Waals surface area (Å²) in [4.78, 5) is 8.71. The molecule has 1 aliphatic rings. The van der Waals surface area contributed by atoms with Gasteiger partial charge in [0.2, 0.25) is 0 Å². The molecule has 0 aromatic carbocycles. The van der Waals surface area contributed by atoms with Crippen LogP contribution >= 0.6 is 0 Å². The van der Waals surface area contributed by atoms with Crippen LogP contribution in [-0.2, 0) is 10.0 Å². The molecule has 0 amide bonds. The van der Waals surface area contributed by atoms with Gasteiger partial charge in [0.25, 0.3) is 0 Å². The lowest BCUT2D eigenvalue weighted by atomic mass is 9.95. The van der Waals surface area contributed by atoms with Crippen molar-refractivity contribution in [2.45, 2.75) is 51.2 Å². The van der Waals surface area contributed by atoms with Crippen LogP contribution in [0.2, 0.25) is 19.6 Å². The fraction of sp³-hybridized carbons (Fsp3) is 0.500. The highest BCUT2D eigenvalue weighted by Crippen LogP contribution is 2.30. The molecule has 5 heteroatoms. The molecule has 0 radical (unpaired) electrons. The number of allylic oxidation sites excluding steroid dienone is 1. The van der Waals surface area contributed by atoms with Gasteiger partial charge >= 0.3 is 0 Å². The molecule has 2 N–H and O–H groups in total. The standard InChI is InChI=1S/C16H25N3OSi/c1-16(2,20-21(3,4)5)13-8-9-18-14(10-13)12-6-7-15(17)19-11-12/h6-12,15H,17H2,1-5H3. The number of dihydropyridines is 1. The molecular formula is C16H25N3OSi. The van der Waals surface area contributed by atoms with Crippen LogP contribution in [0.3, 0.4) is 0 Å². The third-order valence-electron chi connectivity index (χ3n) is 3.31. The molecule has 1 aromatic heterocycles. The van der Waals surface area contributed by atoms with Crippen molar-refractivity contribution < 1.29 is 4.43 Å². The Hall–Kier alpha value is -1.30.